The van der Waals surface area contributed by atoms with Gasteiger partial charge in [0.25, 0.3) is 5.91 Å². The zero-order chi connectivity index (χ0) is 10.3. The molecule has 4 nitrogen and oxygen atoms in total. The molecule has 0 radical (unpaired) electrons. The highest BCUT2D eigenvalue weighted by Crippen LogP contribution is 1.96. The molecule has 1 unspecified atom stereocenters. The van der Waals surface area contributed by atoms with Crippen LogP contribution in [0.25, 0.3) is 0 Å². The average molecular weight is 184 g/mol. The summed E-state index contributed by atoms with van der Waals surface area (Å²) >= 11 is 0. The third kappa shape index (κ3) is 3.45. The Morgan fingerprint density at radius 1 is 1.77 bits per heavy atom. The molecule has 4 heteroatoms. The van der Waals surface area contributed by atoms with E-state index in [0.717, 1.165) is 0 Å². The number of methoxy groups -OCH3 is 1. The van der Waals surface area contributed by atoms with E-state index < -0.39 is 6.10 Å². The maximum atomic E-state index is 11.6. The second-order valence-corrected chi connectivity index (χ2v) is 2.52. The summed E-state index contributed by atoms with van der Waals surface area (Å²) in [7, 11) is 1.46. The highest BCUT2D eigenvalue weighted by atomic mass is 16.5. The minimum atomic E-state index is -0.576. The van der Waals surface area contributed by atoms with E-state index in [2.05, 4.69) is 5.92 Å². The summed E-state index contributed by atoms with van der Waals surface area (Å²) in [6, 6.07) is 0. The van der Waals surface area contributed by atoms with Crippen LogP contribution in [0.5, 0.6) is 0 Å². The van der Waals surface area contributed by atoms with E-state index in [-0.39, 0.29) is 12.5 Å². The molecule has 0 heterocycles. The van der Waals surface area contributed by atoms with Crippen LogP contribution in [0.4, 0.5) is 0 Å². The van der Waals surface area contributed by atoms with Gasteiger partial charge in [-0.15, -0.1) is 6.42 Å². The van der Waals surface area contributed by atoms with E-state index >= 15 is 0 Å². The van der Waals surface area contributed by atoms with E-state index in [1.165, 1.54) is 12.0 Å². The maximum Gasteiger partial charge on any atom is 0.253 e. The molecule has 2 N–H and O–H groups in total. The molecule has 0 bridgehead atoms. The molecule has 0 fully saturated rings. The fraction of sp³-hybridized carbons (Fsp3) is 0.667. The zero-order valence-electron chi connectivity index (χ0n) is 8.12. The van der Waals surface area contributed by atoms with Crippen molar-refractivity contribution in [1.29, 1.82) is 0 Å². The Bertz CT molecular complexity index is 194. The van der Waals surface area contributed by atoms with Crippen LogP contribution in [0.1, 0.15) is 6.92 Å². The van der Waals surface area contributed by atoms with Crippen LogP contribution in [0.3, 0.4) is 0 Å². The number of rotatable bonds is 5. The summed E-state index contributed by atoms with van der Waals surface area (Å²) < 4.78 is 4.91. The molecule has 1 atom stereocenters. The van der Waals surface area contributed by atoms with Crippen molar-refractivity contribution < 1.29 is 9.53 Å². The van der Waals surface area contributed by atoms with E-state index in [9.17, 15) is 4.79 Å². The predicted molar refractivity (Wildman–Crippen MR) is 50.9 cm³/mol. The Kier molecular flexibility index (Phi) is 5.94. The minimum absolute atomic E-state index is 0.148. The van der Waals surface area contributed by atoms with Crippen molar-refractivity contribution in [1.82, 2.24) is 4.90 Å². The summed E-state index contributed by atoms with van der Waals surface area (Å²) in [5.74, 6) is 2.26. The summed E-state index contributed by atoms with van der Waals surface area (Å²) in [4.78, 5) is 13.1. The van der Waals surface area contributed by atoms with Gasteiger partial charge in [-0.3, -0.25) is 4.79 Å². The van der Waals surface area contributed by atoms with Gasteiger partial charge in [0.15, 0.2) is 0 Å². The van der Waals surface area contributed by atoms with Gasteiger partial charge in [0.05, 0.1) is 6.54 Å². The first-order valence-electron chi connectivity index (χ1n) is 4.16. The SMILES string of the molecule is C#CCN(CC)C(=O)C(CN)OC. The van der Waals surface area contributed by atoms with Crippen molar-refractivity contribution in [3.8, 4) is 12.3 Å². The quantitative estimate of drug-likeness (QED) is 0.583. The maximum absolute atomic E-state index is 11.6. The number of nitrogens with zero attached hydrogens (tertiary/aromatic N) is 1. The number of hydrogen-bond acceptors (Lipinski definition) is 3. The topological polar surface area (TPSA) is 55.6 Å². The molecule has 0 spiro atoms. The molecular formula is C9H16N2O2. The highest BCUT2D eigenvalue weighted by molar-refractivity contribution is 5.81. The first kappa shape index (κ1) is 11.9. The molecule has 13 heavy (non-hydrogen) atoms. The molecule has 0 aromatic heterocycles. The van der Waals surface area contributed by atoms with Gasteiger partial charge < -0.3 is 15.4 Å². The Hall–Kier alpha value is -1.05. The number of hydrogen-bond donors (Lipinski definition) is 1. The van der Waals surface area contributed by atoms with Gasteiger partial charge in [-0.2, -0.15) is 0 Å². The molecule has 0 aliphatic heterocycles. The second kappa shape index (κ2) is 6.46. The summed E-state index contributed by atoms with van der Waals surface area (Å²) in [6.45, 7) is 2.91. The Labute approximate surface area is 79.0 Å². The van der Waals surface area contributed by atoms with E-state index in [0.29, 0.717) is 13.1 Å². The smallest absolute Gasteiger partial charge is 0.253 e. The molecule has 0 aliphatic carbocycles. The van der Waals surface area contributed by atoms with Crippen LogP contribution < -0.4 is 5.73 Å². The molecule has 0 aromatic rings. The first-order valence-corrected chi connectivity index (χ1v) is 4.16. The zero-order valence-corrected chi connectivity index (χ0v) is 8.12. The Morgan fingerprint density at radius 3 is 2.69 bits per heavy atom. The van der Waals surface area contributed by atoms with Gasteiger partial charge in [-0.25, -0.2) is 0 Å². The number of terminal acetylenes is 1. The second-order valence-electron chi connectivity index (χ2n) is 2.52. The number of carbonyl (C=O) groups excluding carboxylic acids is 1. The lowest BCUT2D eigenvalue weighted by molar-refractivity contribution is -0.140. The summed E-state index contributed by atoms with van der Waals surface area (Å²) in [6.07, 6.45) is 4.53. The summed E-state index contributed by atoms with van der Waals surface area (Å²) in [5.41, 5.74) is 5.35. The molecule has 74 valence electrons. The minimum Gasteiger partial charge on any atom is -0.370 e. The lowest BCUT2D eigenvalue weighted by Gasteiger charge is -2.22. The van der Waals surface area contributed by atoms with Gasteiger partial charge >= 0.3 is 0 Å². The van der Waals surface area contributed by atoms with Crippen molar-refractivity contribution in [3.05, 3.63) is 0 Å². The Balaban J connectivity index is 4.26. The van der Waals surface area contributed by atoms with Crippen LogP contribution in [0.15, 0.2) is 0 Å². The molecule has 0 rings (SSSR count). The lowest BCUT2D eigenvalue weighted by Crippen LogP contribution is -2.43. The number of likely N-dealkylation sites (N-methyl/N-ethyl adjacent to an activating group) is 1. The van der Waals surface area contributed by atoms with Crippen LogP contribution in [-0.2, 0) is 9.53 Å². The number of carbonyl (C=O) groups is 1. The van der Waals surface area contributed by atoms with Gasteiger partial charge in [-0.1, -0.05) is 5.92 Å². The summed E-state index contributed by atoms with van der Waals surface area (Å²) in [5, 5.41) is 0. The fourth-order valence-electron chi connectivity index (χ4n) is 0.957. The van der Waals surface area contributed by atoms with E-state index in [4.69, 9.17) is 16.9 Å². The van der Waals surface area contributed by atoms with Gasteiger partial charge in [0.2, 0.25) is 0 Å². The van der Waals surface area contributed by atoms with Crippen molar-refractivity contribution in [3.63, 3.8) is 0 Å². The number of ether oxygens (including phenoxy) is 1. The highest BCUT2D eigenvalue weighted by Gasteiger charge is 2.20. The van der Waals surface area contributed by atoms with Crippen molar-refractivity contribution in [2.24, 2.45) is 5.73 Å². The third-order valence-corrected chi connectivity index (χ3v) is 1.75. The van der Waals surface area contributed by atoms with Crippen LogP contribution >= 0.6 is 0 Å². The molecule has 0 saturated heterocycles. The van der Waals surface area contributed by atoms with E-state index in [1.807, 2.05) is 6.92 Å². The standard InChI is InChI=1S/C9H16N2O2/c1-4-6-11(5-2)9(12)8(7-10)13-3/h1,8H,5-7,10H2,2-3H3. The Morgan fingerprint density at radius 2 is 2.38 bits per heavy atom. The third-order valence-electron chi connectivity index (χ3n) is 1.75. The van der Waals surface area contributed by atoms with Crippen LogP contribution in [-0.4, -0.2) is 43.7 Å². The fourth-order valence-corrected chi connectivity index (χ4v) is 0.957. The molecule has 0 saturated carbocycles. The van der Waals surface area contributed by atoms with Gasteiger partial charge in [0.1, 0.15) is 6.10 Å². The first-order chi connectivity index (χ1) is 6.21. The van der Waals surface area contributed by atoms with Crippen molar-refractivity contribution in [2.75, 3.05) is 26.7 Å². The normalized spacial score (nSPS) is 11.8. The molecule has 0 aromatic carbocycles. The average Bonchev–Trinajstić information content (AvgIpc) is 2.15. The number of nitrogens with two attached hydrogens (primary N) is 1. The number of amides is 1. The van der Waals surface area contributed by atoms with E-state index in [1.54, 1.807) is 0 Å². The van der Waals surface area contributed by atoms with Crippen LogP contribution in [0, 0.1) is 12.3 Å². The molecule has 1 amide bonds. The largest absolute Gasteiger partial charge is 0.370 e. The lowest BCUT2D eigenvalue weighted by atomic mass is 10.3. The molecule has 0 aliphatic rings. The predicted octanol–water partition coefficient (Wildman–Crippen LogP) is -0.558. The van der Waals surface area contributed by atoms with Crippen molar-refractivity contribution in [2.45, 2.75) is 13.0 Å². The molecular weight excluding hydrogens is 168 g/mol. The van der Waals surface area contributed by atoms with Gasteiger partial charge in [-0.05, 0) is 6.92 Å². The van der Waals surface area contributed by atoms with Gasteiger partial charge in [0, 0.05) is 20.2 Å². The monoisotopic (exact) mass is 184 g/mol. The van der Waals surface area contributed by atoms with Crippen LogP contribution in [0.2, 0.25) is 0 Å². The van der Waals surface area contributed by atoms with Crippen molar-refractivity contribution >= 4 is 5.91 Å².